The van der Waals surface area contributed by atoms with E-state index >= 15 is 0 Å². The number of phenols is 1. The molecule has 0 spiro atoms. The van der Waals surface area contributed by atoms with Gasteiger partial charge in [0.05, 0.1) is 24.7 Å². The fourth-order valence-corrected chi connectivity index (χ4v) is 6.19. The molecule has 5 rings (SSSR count). The van der Waals surface area contributed by atoms with E-state index < -0.39 is 37.3 Å². The number of hydrogen-bond acceptors (Lipinski definition) is 9. The van der Waals surface area contributed by atoms with Gasteiger partial charge in [-0.2, -0.15) is 0 Å². The number of Topliss-reactive ketones (excluding diaryl/α,β-unsaturated/α-hetero) is 1. The highest BCUT2D eigenvalue weighted by molar-refractivity contribution is 6.09. The van der Waals surface area contributed by atoms with E-state index in [0.29, 0.717) is 16.7 Å². The number of ether oxygens (including phenoxy) is 3. The molecule has 37 heavy (non-hydrogen) atoms. The van der Waals surface area contributed by atoms with Crippen LogP contribution in [0.25, 0.3) is 10.8 Å². The van der Waals surface area contributed by atoms with Crippen LogP contribution in [0.5, 0.6) is 17.2 Å². The SMILES string of the molecule is COc1cc(O[C@@H]2O[C@H](CO)[C@@H](O)[C@H](O)[C@H]2O)c2c(O)c(C(=O)C3CCCC3)c(C3CCCC3)cc2c1. The molecular formula is C28H36O9. The predicted octanol–water partition coefficient (Wildman–Crippen LogP) is 2.76. The number of carbonyl (C=O) groups is 1. The van der Waals surface area contributed by atoms with Crippen molar-refractivity contribution in [2.45, 2.75) is 88.0 Å². The number of phenolic OH excluding ortho intramolecular Hbond substituents is 1. The van der Waals surface area contributed by atoms with Crippen LogP contribution in [0.2, 0.25) is 0 Å². The Bertz CT molecular complexity index is 1130. The third-order valence-corrected chi connectivity index (χ3v) is 8.27. The Hall–Kier alpha value is -2.43. The monoisotopic (exact) mass is 516 g/mol. The van der Waals surface area contributed by atoms with Crippen molar-refractivity contribution in [2.24, 2.45) is 5.92 Å². The van der Waals surface area contributed by atoms with Crippen LogP contribution in [0, 0.1) is 5.92 Å². The van der Waals surface area contributed by atoms with Gasteiger partial charge in [0.1, 0.15) is 41.7 Å². The maximum absolute atomic E-state index is 13.7. The summed E-state index contributed by atoms with van der Waals surface area (Å²) in [5.41, 5.74) is 1.20. The summed E-state index contributed by atoms with van der Waals surface area (Å²) < 4.78 is 17.0. The second kappa shape index (κ2) is 10.7. The van der Waals surface area contributed by atoms with Gasteiger partial charge in [0, 0.05) is 12.0 Å². The van der Waals surface area contributed by atoms with E-state index in [1.54, 1.807) is 6.07 Å². The molecule has 1 aliphatic heterocycles. The summed E-state index contributed by atoms with van der Waals surface area (Å²) in [5.74, 6) is 0.355. The van der Waals surface area contributed by atoms with Crippen LogP contribution >= 0.6 is 0 Å². The van der Waals surface area contributed by atoms with E-state index in [9.17, 15) is 30.3 Å². The van der Waals surface area contributed by atoms with Crippen LogP contribution in [-0.2, 0) is 4.74 Å². The van der Waals surface area contributed by atoms with E-state index in [0.717, 1.165) is 56.9 Å². The zero-order valence-corrected chi connectivity index (χ0v) is 21.0. The quantitative estimate of drug-likeness (QED) is 0.351. The van der Waals surface area contributed by atoms with E-state index in [1.165, 1.54) is 13.2 Å². The molecule has 9 nitrogen and oxygen atoms in total. The number of fused-ring (bicyclic) bond motifs is 1. The molecule has 2 aromatic carbocycles. The van der Waals surface area contributed by atoms with Gasteiger partial charge in [-0.25, -0.2) is 0 Å². The van der Waals surface area contributed by atoms with Crippen molar-refractivity contribution >= 4 is 16.6 Å². The molecule has 0 bridgehead atoms. The Morgan fingerprint density at radius 1 is 0.973 bits per heavy atom. The minimum Gasteiger partial charge on any atom is -0.506 e. The Morgan fingerprint density at radius 2 is 1.65 bits per heavy atom. The number of carbonyl (C=O) groups excluding carboxylic acids is 1. The summed E-state index contributed by atoms with van der Waals surface area (Å²) >= 11 is 0. The molecule has 0 amide bonds. The van der Waals surface area contributed by atoms with E-state index in [2.05, 4.69) is 0 Å². The third-order valence-electron chi connectivity index (χ3n) is 8.27. The molecule has 202 valence electrons. The zero-order valence-electron chi connectivity index (χ0n) is 21.0. The first kappa shape index (κ1) is 26.2. The molecule has 0 aromatic heterocycles. The van der Waals surface area contributed by atoms with E-state index in [-0.39, 0.29) is 34.5 Å². The van der Waals surface area contributed by atoms with Gasteiger partial charge in [-0.15, -0.1) is 0 Å². The fraction of sp³-hybridized carbons (Fsp3) is 0.607. The normalized spacial score (nSPS) is 29.2. The highest BCUT2D eigenvalue weighted by Crippen LogP contribution is 2.47. The van der Waals surface area contributed by atoms with Crippen LogP contribution in [-0.4, -0.2) is 75.7 Å². The van der Waals surface area contributed by atoms with Gasteiger partial charge in [0.2, 0.25) is 6.29 Å². The molecule has 2 saturated carbocycles. The average Bonchev–Trinajstić information content (AvgIpc) is 3.63. The minimum atomic E-state index is -1.63. The van der Waals surface area contributed by atoms with Crippen LogP contribution in [0.3, 0.4) is 0 Å². The molecule has 5 N–H and O–H groups in total. The number of aromatic hydroxyl groups is 1. The predicted molar refractivity (Wildman–Crippen MR) is 134 cm³/mol. The molecule has 2 aliphatic carbocycles. The molecular weight excluding hydrogens is 480 g/mol. The van der Waals surface area contributed by atoms with Gasteiger partial charge in [0.25, 0.3) is 0 Å². The Morgan fingerprint density at radius 3 is 2.30 bits per heavy atom. The standard InChI is InChI=1S/C28H36O9/c1-35-17-10-16-11-18(14-6-2-3-7-14)22(23(30)15-8-4-5-9-15)25(32)21(16)19(12-17)36-28-27(34)26(33)24(31)20(13-29)37-28/h10-12,14-15,20,24,26-29,31-34H,2-9,13H2,1H3/t20-,24-,26+,27-,28-/m1/s1. The highest BCUT2D eigenvalue weighted by Gasteiger charge is 2.45. The van der Waals surface area contributed by atoms with Crippen molar-refractivity contribution in [1.82, 2.24) is 0 Å². The molecule has 2 aromatic rings. The van der Waals surface area contributed by atoms with Gasteiger partial charge in [0.15, 0.2) is 5.78 Å². The summed E-state index contributed by atoms with van der Waals surface area (Å²) in [7, 11) is 1.49. The number of ketones is 1. The van der Waals surface area contributed by atoms with Crippen LogP contribution < -0.4 is 9.47 Å². The minimum absolute atomic E-state index is 0.0478. The van der Waals surface area contributed by atoms with E-state index in [1.807, 2.05) is 6.07 Å². The molecule has 0 radical (unpaired) electrons. The van der Waals surface area contributed by atoms with E-state index in [4.69, 9.17) is 14.2 Å². The number of aliphatic hydroxyl groups is 4. The van der Waals surface area contributed by atoms with Gasteiger partial charge >= 0.3 is 0 Å². The molecule has 1 heterocycles. The number of aliphatic hydroxyl groups excluding tert-OH is 4. The summed E-state index contributed by atoms with van der Waals surface area (Å²) in [6, 6.07) is 5.22. The summed E-state index contributed by atoms with van der Waals surface area (Å²) in [6.45, 7) is -0.598. The first-order valence-corrected chi connectivity index (χ1v) is 13.2. The zero-order chi connectivity index (χ0) is 26.3. The molecule has 3 fully saturated rings. The van der Waals surface area contributed by atoms with Crippen LogP contribution in [0.15, 0.2) is 18.2 Å². The molecule has 5 atom stereocenters. The van der Waals surface area contributed by atoms with Crippen molar-refractivity contribution in [3.63, 3.8) is 0 Å². The topological polar surface area (TPSA) is 146 Å². The van der Waals surface area contributed by atoms with Crippen molar-refractivity contribution in [1.29, 1.82) is 0 Å². The van der Waals surface area contributed by atoms with Gasteiger partial charge in [-0.05, 0) is 54.7 Å². The van der Waals surface area contributed by atoms with Crippen LogP contribution in [0.1, 0.15) is 73.2 Å². The van der Waals surface area contributed by atoms with Gasteiger partial charge < -0.3 is 39.7 Å². The van der Waals surface area contributed by atoms with Crippen molar-refractivity contribution in [3.05, 3.63) is 29.3 Å². The highest BCUT2D eigenvalue weighted by atomic mass is 16.7. The smallest absolute Gasteiger partial charge is 0.229 e. The number of hydrogen-bond donors (Lipinski definition) is 5. The molecule has 9 heteroatoms. The molecule has 1 saturated heterocycles. The fourth-order valence-electron chi connectivity index (χ4n) is 6.19. The Kier molecular flexibility index (Phi) is 7.60. The summed E-state index contributed by atoms with van der Waals surface area (Å²) in [6.07, 6.45) is 0.271. The lowest BCUT2D eigenvalue weighted by atomic mass is 9.84. The first-order chi connectivity index (χ1) is 17.8. The Labute approximate surface area is 215 Å². The largest absolute Gasteiger partial charge is 0.506 e. The van der Waals surface area contributed by atoms with Gasteiger partial charge in [-0.1, -0.05) is 25.7 Å². The number of rotatable bonds is 7. The van der Waals surface area contributed by atoms with Crippen molar-refractivity contribution in [3.8, 4) is 17.2 Å². The lowest BCUT2D eigenvalue weighted by molar-refractivity contribution is -0.277. The second-order valence-electron chi connectivity index (χ2n) is 10.6. The van der Waals surface area contributed by atoms with Crippen molar-refractivity contribution < 1.29 is 44.5 Å². The summed E-state index contributed by atoms with van der Waals surface area (Å²) in [5, 5.41) is 53.0. The molecule has 0 unspecified atom stereocenters. The average molecular weight is 517 g/mol. The Balaban J connectivity index is 1.64. The number of methoxy groups -OCH3 is 1. The first-order valence-electron chi connectivity index (χ1n) is 13.2. The maximum Gasteiger partial charge on any atom is 0.229 e. The summed E-state index contributed by atoms with van der Waals surface area (Å²) in [4.78, 5) is 13.7. The second-order valence-corrected chi connectivity index (χ2v) is 10.6. The lowest BCUT2D eigenvalue weighted by Gasteiger charge is -2.39. The number of benzene rings is 2. The maximum atomic E-state index is 13.7. The van der Waals surface area contributed by atoms with Gasteiger partial charge in [-0.3, -0.25) is 4.79 Å². The molecule has 3 aliphatic rings. The third kappa shape index (κ3) is 4.79. The van der Waals surface area contributed by atoms with Crippen LogP contribution in [0.4, 0.5) is 0 Å². The van der Waals surface area contributed by atoms with Crippen molar-refractivity contribution in [2.75, 3.05) is 13.7 Å². The lowest BCUT2D eigenvalue weighted by Crippen LogP contribution is -2.60.